The third-order valence-corrected chi connectivity index (χ3v) is 1.07. The molecule has 0 radical (unpaired) electrons. The lowest BCUT2D eigenvalue weighted by molar-refractivity contribution is -0.412. The summed E-state index contributed by atoms with van der Waals surface area (Å²) in [6.45, 7) is 1.93. The van der Waals surface area contributed by atoms with Crippen LogP contribution in [0.25, 0.3) is 0 Å². The van der Waals surface area contributed by atoms with Crippen LogP contribution < -0.4 is 0 Å². The van der Waals surface area contributed by atoms with E-state index < -0.39 is 4.92 Å². The molecule has 0 aliphatic heterocycles. The molecule has 0 bridgehead atoms. The summed E-state index contributed by atoms with van der Waals surface area (Å²) in [5.74, 6) is 0. The van der Waals surface area contributed by atoms with Crippen LogP contribution in [-0.2, 0) is 0 Å². The lowest BCUT2D eigenvalue weighted by Gasteiger charge is -1.84. The molecule has 0 saturated carbocycles. The smallest absolute Gasteiger partial charge is 0.257 e. The van der Waals surface area contributed by atoms with Gasteiger partial charge < -0.3 is 0 Å². The molecular weight excluding hydrogens is 142 g/mol. The van der Waals surface area contributed by atoms with Gasteiger partial charge in [-0.3, -0.25) is 10.1 Å². The van der Waals surface area contributed by atoms with Gasteiger partial charge >= 0.3 is 5.16 Å². The molecule has 52 valence electrons. The molecule has 0 heterocycles. The molecule has 0 aromatic heterocycles. The van der Waals surface area contributed by atoms with Crippen molar-refractivity contribution >= 4 is 11.6 Å². The lowest BCUT2D eigenvalue weighted by Crippen LogP contribution is -1.89. The number of halogens is 1. The van der Waals surface area contributed by atoms with Crippen LogP contribution >= 0.6 is 11.6 Å². The van der Waals surface area contributed by atoms with E-state index >= 15 is 0 Å². The van der Waals surface area contributed by atoms with E-state index in [2.05, 4.69) is 0 Å². The van der Waals surface area contributed by atoms with Crippen LogP contribution in [0.5, 0.6) is 0 Å². The zero-order valence-corrected chi connectivity index (χ0v) is 5.89. The Labute approximate surface area is 58.5 Å². The number of unbranched alkanes of at least 4 members (excludes halogenated alkanes) is 1. The first-order chi connectivity index (χ1) is 4.18. The average Bonchev–Trinajstić information content (AvgIpc) is 1.82. The molecule has 0 unspecified atom stereocenters. The first-order valence-corrected chi connectivity index (χ1v) is 3.06. The molecule has 0 amide bonds. The molecular formula is C5H8ClNO2. The molecule has 0 saturated heterocycles. The second kappa shape index (κ2) is 4.32. The second-order valence-corrected chi connectivity index (χ2v) is 1.96. The zero-order chi connectivity index (χ0) is 7.28. The van der Waals surface area contributed by atoms with Crippen molar-refractivity contribution in [2.24, 2.45) is 0 Å². The first kappa shape index (κ1) is 8.43. The fraction of sp³-hybridized carbons (Fsp3) is 0.600. The highest BCUT2D eigenvalue weighted by Crippen LogP contribution is 2.03. The Bertz CT molecular complexity index is 133. The van der Waals surface area contributed by atoms with E-state index in [4.69, 9.17) is 11.6 Å². The molecule has 0 aromatic rings. The van der Waals surface area contributed by atoms with Gasteiger partial charge in [-0.2, -0.15) is 0 Å². The summed E-state index contributed by atoms with van der Waals surface area (Å²) in [6.07, 6.45) is 2.95. The van der Waals surface area contributed by atoms with E-state index in [-0.39, 0.29) is 5.16 Å². The van der Waals surface area contributed by atoms with E-state index in [1.165, 1.54) is 6.08 Å². The second-order valence-electron chi connectivity index (χ2n) is 1.57. The van der Waals surface area contributed by atoms with Crippen LogP contribution in [0.2, 0.25) is 0 Å². The van der Waals surface area contributed by atoms with E-state index in [0.717, 1.165) is 6.42 Å². The van der Waals surface area contributed by atoms with Crippen molar-refractivity contribution in [3.8, 4) is 0 Å². The Morgan fingerprint density at radius 3 is 2.78 bits per heavy atom. The predicted octanol–water partition coefficient (Wildman–Crippen LogP) is 2.14. The SMILES string of the molecule is CCCC=C(Cl)[N+](=O)[O-]. The fourth-order valence-corrected chi connectivity index (χ4v) is 0.447. The van der Waals surface area contributed by atoms with Gasteiger partial charge in [0.2, 0.25) is 0 Å². The quantitative estimate of drug-likeness (QED) is 0.351. The Hall–Kier alpha value is -0.570. The standard InChI is InChI=1S/C5H8ClNO2/c1-2-3-4-5(6)7(8)9/h4H,2-3H2,1H3. The van der Waals surface area contributed by atoms with Crippen molar-refractivity contribution in [3.05, 3.63) is 21.3 Å². The van der Waals surface area contributed by atoms with Gasteiger partial charge in [0.25, 0.3) is 0 Å². The third-order valence-electron chi connectivity index (χ3n) is 0.776. The number of nitrogens with zero attached hydrogens (tertiary/aromatic N) is 1. The molecule has 0 spiro atoms. The summed E-state index contributed by atoms with van der Waals surface area (Å²) >= 11 is 5.16. The molecule has 9 heavy (non-hydrogen) atoms. The highest BCUT2D eigenvalue weighted by molar-refractivity contribution is 6.27. The van der Waals surface area contributed by atoms with Crippen LogP contribution in [0.15, 0.2) is 11.2 Å². The minimum atomic E-state index is -0.600. The zero-order valence-electron chi connectivity index (χ0n) is 5.13. The molecule has 3 nitrogen and oxygen atoms in total. The average molecular weight is 150 g/mol. The summed E-state index contributed by atoms with van der Waals surface area (Å²) in [7, 11) is 0. The molecule has 0 aliphatic rings. The van der Waals surface area contributed by atoms with Gasteiger partial charge in [0.15, 0.2) is 0 Å². The van der Waals surface area contributed by atoms with E-state index in [1.807, 2.05) is 6.92 Å². The molecule has 0 fully saturated rings. The molecule has 0 N–H and O–H groups in total. The van der Waals surface area contributed by atoms with Crippen molar-refractivity contribution in [2.45, 2.75) is 19.8 Å². The number of rotatable bonds is 3. The van der Waals surface area contributed by atoms with E-state index in [1.54, 1.807) is 0 Å². The van der Waals surface area contributed by atoms with Crippen LogP contribution in [-0.4, -0.2) is 4.92 Å². The monoisotopic (exact) mass is 149 g/mol. The molecule has 0 rings (SSSR count). The molecule has 0 aromatic carbocycles. The van der Waals surface area contributed by atoms with Crippen molar-refractivity contribution < 1.29 is 4.92 Å². The summed E-state index contributed by atoms with van der Waals surface area (Å²) in [5.41, 5.74) is 0. The van der Waals surface area contributed by atoms with Crippen LogP contribution in [0.3, 0.4) is 0 Å². The highest BCUT2D eigenvalue weighted by Gasteiger charge is 2.01. The third kappa shape index (κ3) is 3.97. The van der Waals surface area contributed by atoms with Crippen molar-refractivity contribution in [3.63, 3.8) is 0 Å². The Morgan fingerprint density at radius 1 is 1.89 bits per heavy atom. The number of nitro groups is 1. The Kier molecular flexibility index (Phi) is 4.05. The van der Waals surface area contributed by atoms with Gasteiger partial charge in [-0.1, -0.05) is 13.3 Å². The maximum atomic E-state index is 9.81. The van der Waals surface area contributed by atoms with Crippen LogP contribution in [0.1, 0.15) is 19.8 Å². The van der Waals surface area contributed by atoms with Gasteiger partial charge in [-0.05, 0) is 18.0 Å². The molecule has 0 atom stereocenters. The lowest BCUT2D eigenvalue weighted by atomic mass is 10.3. The van der Waals surface area contributed by atoms with Gasteiger partial charge in [0.05, 0.1) is 4.92 Å². The van der Waals surface area contributed by atoms with Gasteiger partial charge in [0.1, 0.15) is 0 Å². The van der Waals surface area contributed by atoms with Crippen LogP contribution in [0, 0.1) is 10.1 Å². The van der Waals surface area contributed by atoms with E-state index in [9.17, 15) is 10.1 Å². The van der Waals surface area contributed by atoms with Crippen LogP contribution in [0.4, 0.5) is 0 Å². The number of hydrogen-bond acceptors (Lipinski definition) is 2. The largest absolute Gasteiger partial charge is 0.333 e. The van der Waals surface area contributed by atoms with Gasteiger partial charge in [-0.25, -0.2) is 0 Å². The van der Waals surface area contributed by atoms with Gasteiger partial charge in [-0.15, -0.1) is 0 Å². The van der Waals surface area contributed by atoms with Gasteiger partial charge in [0, 0.05) is 6.08 Å². The maximum absolute atomic E-state index is 9.81. The summed E-state index contributed by atoms with van der Waals surface area (Å²) in [6, 6.07) is 0. The number of allylic oxidation sites excluding steroid dienone is 1. The summed E-state index contributed by atoms with van der Waals surface area (Å²) in [4.78, 5) is 9.21. The summed E-state index contributed by atoms with van der Waals surface area (Å²) in [5, 5.41) is 9.53. The fourth-order valence-electron chi connectivity index (χ4n) is 0.338. The molecule has 4 heteroatoms. The highest BCUT2D eigenvalue weighted by atomic mass is 35.5. The minimum absolute atomic E-state index is 0.281. The Morgan fingerprint density at radius 2 is 2.44 bits per heavy atom. The summed E-state index contributed by atoms with van der Waals surface area (Å²) < 4.78 is 0. The Balaban J connectivity index is 3.69. The maximum Gasteiger partial charge on any atom is 0.333 e. The molecule has 0 aliphatic carbocycles. The normalized spacial score (nSPS) is 11.6. The topological polar surface area (TPSA) is 43.1 Å². The van der Waals surface area contributed by atoms with Crippen molar-refractivity contribution in [1.29, 1.82) is 0 Å². The van der Waals surface area contributed by atoms with E-state index in [0.29, 0.717) is 6.42 Å². The predicted molar refractivity (Wildman–Crippen MR) is 35.8 cm³/mol. The number of hydrogen-bond donors (Lipinski definition) is 0. The van der Waals surface area contributed by atoms with Crippen molar-refractivity contribution in [2.75, 3.05) is 0 Å². The minimum Gasteiger partial charge on any atom is -0.257 e. The van der Waals surface area contributed by atoms with Crippen molar-refractivity contribution in [1.82, 2.24) is 0 Å². The first-order valence-electron chi connectivity index (χ1n) is 2.68.